The lowest BCUT2D eigenvalue weighted by Gasteiger charge is -2.46. The molecule has 3 aromatic heterocycles. The number of hydrogen-bond acceptors (Lipinski definition) is 4. The van der Waals surface area contributed by atoms with Crippen LogP contribution >= 0.6 is 11.3 Å². The minimum absolute atomic E-state index is 0.00726. The van der Waals surface area contributed by atoms with Crippen molar-refractivity contribution in [1.29, 1.82) is 5.26 Å². The molecule has 0 unspecified atom stereocenters. The van der Waals surface area contributed by atoms with E-state index < -0.39 is 0 Å². The van der Waals surface area contributed by atoms with E-state index in [0.29, 0.717) is 5.56 Å². The van der Waals surface area contributed by atoms with Crippen LogP contribution < -0.4 is 26.2 Å². The number of benzene rings is 9. The minimum atomic E-state index is -0.118. The Labute approximate surface area is 410 Å². The number of hydrogen-bond donors (Lipinski definition) is 0. The van der Waals surface area contributed by atoms with Crippen LogP contribution in [0.1, 0.15) is 58.2 Å². The van der Waals surface area contributed by atoms with Crippen molar-refractivity contribution in [3.8, 4) is 17.4 Å². The summed E-state index contributed by atoms with van der Waals surface area (Å²) in [5.41, 5.74) is 20.6. The Morgan fingerprint density at radius 3 is 1.81 bits per heavy atom. The van der Waals surface area contributed by atoms with Gasteiger partial charge in [-0.2, -0.15) is 5.26 Å². The zero-order chi connectivity index (χ0) is 47.1. The SMILES string of the molecule is CC(C)(C)c1ccc2c(c1)c1cc(C(C)(C)C)ccc1n2-c1ccc2c(c1)N(c1cccc3sc4ccccc4c13)c1cc(C#N)cc3c1B2c1cccc2c1N3c1cccc3c4ccccc4n-2c13. The summed E-state index contributed by atoms with van der Waals surface area (Å²) < 4.78 is 7.46. The van der Waals surface area contributed by atoms with Gasteiger partial charge in [-0.25, -0.2) is 0 Å². The van der Waals surface area contributed by atoms with Crippen LogP contribution in [-0.2, 0) is 10.8 Å². The summed E-state index contributed by atoms with van der Waals surface area (Å²) in [6.45, 7) is 13.7. The summed E-state index contributed by atoms with van der Waals surface area (Å²) in [4.78, 5) is 4.99. The van der Waals surface area contributed by atoms with E-state index in [4.69, 9.17) is 0 Å². The first kappa shape index (κ1) is 39.9. The maximum absolute atomic E-state index is 11.1. The molecule has 0 atom stereocenters. The average Bonchev–Trinajstić information content (AvgIpc) is 4.03. The average molecular weight is 916 g/mol. The van der Waals surface area contributed by atoms with Gasteiger partial charge in [0.15, 0.2) is 0 Å². The highest BCUT2D eigenvalue weighted by molar-refractivity contribution is 7.26. The minimum Gasteiger partial charge on any atom is -0.311 e. The van der Waals surface area contributed by atoms with Crippen LogP contribution in [0.2, 0.25) is 0 Å². The Balaban J connectivity index is 1.07. The van der Waals surface area contributed by atoms with E-state index in [0.717, 1.165) is 39.8 Å². The second kappa shape index (κ2) is 13.6. The van der Waals surface area contributed by atoms with Gasteiger partial charge in [0.05, 0.1) is 56.4 Å². The van der Waals surface area contributed by atoms with E-state index in [2.05, 4.69) is 236 Å². The number of anilines is 6. The van der Waals surface area contributed by atoms with Gasteiger partial charge in [0.2, 0.25) is 0 Å². The quantitative estimate of drug-likeness (QED) is 0.162. The fraction of sp³-hybridized carbons (Fsp3) is 0.127. The molecule has 7 heteroatoms. The molecule has 0 N–H and O–H groups in total. The predicted molar refractivity (Wildman–Crippen MR) is 298 cm³/mol. The number of para-hydroxylation sites is 3. The van der Waals surface area contributed by atoms with Crippen molar-refractivity contribution in [3.63, 3.8) is 0 Å². The third-order valence-corrected chi connectivity index (χ3v) is 16.9. The molecule has 0 bridgehead atoms. The van der Waals surface area contributed by atoms with Gasteiger partial charge < -0.3 is 18.9 Å². The molecule has 0 radical (unpaired) electrons. The fourth-order valence-electron chi connectivity index (χ4n) is 12.5. The van der Waals surface area contributed by atoms with Crippen LogP contribution in [0.5, 0.6) is 0 Å². The molecule has 70 heavy (non-hydrogen) atoms. The van der Waals surface area contributed by atoms with Gasteiger partial charge in [-0.15, -0.1) is 11.3 Å². The second-order valence-corrected chi connectivity index (χ2v) is 22.8. The largest absolute Gasteiger partial charge is 0.311 e. The van der Waals surface area contributed by atoms with Crippen molar-refractivity contribution in [2.24, 2.45) is 0 Å². The summed E-state index contributed by atoms with van der Waals surface area (Å²) in [5.74, 6) is 0. The van der Waals surface area contributed by atoms with E-state index in [1.807, 2.05) is 11.3 Å². The zero-order valence-electron chi connectivity index (χ0n) is 39.9. The summed E-state index contributed by atoms with van der Waals surface area (Å²) >= 11 is 1.84. The number of nitrogens with zero attached hydrogens (tertiary/aromatic N) is 5. The van der Waals surface area contributed by atoms with Crippen molar-refractivity contribution in [2.75, 3.05) is 9.80 Å². The number of nitriles is 1. The monoisotopic (exact) mass is 915 g/mol. The van der Waals surface area contributed by atoms with Crippen LogP contribution in [0.15, 0.2) is 170 Å². The molecule has 0 amide bonds. The van der Waals surface area contributed by atoms with E-state index in [1.165, 1.54) is 97.0 Å². The van der Waals surface area contributed by atoms with E-state index in [1.54, 1.807) is 0 Å². The number of thiophene rings is 1. The molecule has 6 heterocycles. The highest BCUT2D eigenvalue weighted by atomic mass is 32.1. The molecule has 9 aromatic carbocycles. The first-order chi connectivity index (χ1) is 34.0. The Kier molecular flexibility index (Phi) is 7.75. The molecule has 5 nitrogen and oxygen atoms in total. The molecule has 332 valence electrons. The molecule has 15 rings (SSSR count). The smallest absolute Gasteiger partial charge is 0.252 e. The van der Waals surface area contributed by atoms with Gasteiger partial charge in [-0.05, 0) is 123 Å². The van der Waals surface area contributed by atoms with Gasteiger partial charge in [-0.1, -0.05) is 126 Å². The third-order valence-electron chi connectivity index (χ3n) is 15.7. The summed E-state index contributed by atoms with van der Waals surface area (Å²) in [6.07, 6.45) is 0. The zero-order valence-corrected chi connectivity index (χ0v) is 40.7. The van der Waals surface area contributed by atoms with Gasteiger partial charge in [0.1, 0.15) is 0 Å². The van der Waals surface area contributed by atoms with Crippen LogP contribution in [0, 0.1) is 11.3 Å². The molecular formula is C63H46BN5S. The topological polar surface area (TPSA) is 40.1 Å². The predicted octanol–water partition coefficient (Wildman–Crippen LogP) is 15.1. The molecule has 3 aliphatic heterocycles. The Bertz CT molecular complexity index is 4300. The van der Waals surface area contributed by atoms with E-state index in [-0.39, 0.29) is 17.5 Å². The Morgan fingerprint density at radius 2 is 1.07 bits per heavy atom. The first-order valence-corrected chi connectivity index (χ1v) is 25.3. The lowest BCUT2D eigenvalue weighted by molar-refractivity contribution is 0.590. The van der Waals surface area contributed by atoms with E-state index in [9.17, 15) is 5.26 Å². The van der Waals surface area contributed by atoms with Crippen molar-refractivity contribution >= 4 is 132 Å². The molecular weight excluding hydrogens is 870 g/mol. The standard InChI is InChI=1S/C63H46BN5S/c1-62(2,3)37-24-28-48-43(32-37)44-33-38(63(4,5)6)25-29-49(44)66(48)39-26-27-45-53(34-39)67(50-19-13-23-57-58(50)42-15-8-10-22-56(42)70-57)54-30-36(35-65)31-55-59(54)64(45)46-17-12-21-52-61(46)69(55)51-20-11-16-41-40-14-7-9-18-47(40)68(52)60(41)51/h7-34H,1-6H3. The fourth-order valence-corrected chi connectivity index (χ4v) is 13.6. The van der Waals surface area contributed by atoms with Gasteiger partial charge in [-0.3, -0.25) is 0 Å². The molecule has 0 aliphatic carbocycles. The Hall–Kier alpha value is -8.05. The van der Waals surface area contributed by atoms with Gasteiger partial charge in [0, 0.05) is 64.5 Å². The van der Waals surface area contributed by atoms with E-state index >= 15 is 0 Å². The van der Waals surface area contributed by atoms with Gasteiger partial charge in [0.25, 0.3) is 6.71 Å². The third kappa shape index (κ3) is 5.16. The lowest BCUT2D eigenvalue weighted by atomic mass is 9.33. The molecule has 0 spiro atoms. The van der Waals surface area contributed by atoms with Crippen molar-refractivity contribution < 1.29 is 0 Å². The number of aromatic nitrogens is 2. The molecule has 0 fully saturated rings. The summed E-state index contributed by atoms with van der Waals surface area (Å²) in [5, 5.41) is 18.6. The van der Waals surface area contributed by atoms with Crippen molar-refractivity contribution in [2.45, 2.75) is 52.4 Å². The highest BCUT2D eigenvalue weighted by Gasteiger charge is 2.46. The molecule has 12 aromatic rings. The lowest BCUT2D eigenvalue weighted by Crippen LogP contribution is -2.61. The maximum atomic E-state index is 11.1. The normalized spacial score (nSPS) is 13.8. The molecule has 3 aliphatic rings. The molecule has 0 saturated heterocycles. The van der Waals surface area contributed by atoms with Crippen LogP contribution in [0.25, 0.3) is 75.2 Å². The maximum Gasteiger partial charge on any atom is 0.252 e. The molecule has 0 saturated carbocycles. The number of rotatable bonds is 2. The Morgan fingerprint density at radius 1 is 0.457 bits per heavy atom. The second-order valence-electron chi connectivity index (χ2n) is 21.7. The highest BCUT2D eigenvalue weighted by Crippen LogP contribution is 2.54. The van der Waals surface area contributed by atoms with Gasteiger partial charge >= 0.3 is 0 Å². The first-order valence-electron chi connectivity index (χ1n) is 24.4. The van der Waals surface area contributed by atoms with Crippen molar-refractivity contribution in [3.05, 3.63) is 187 Å². The van der Waals surface area contributed by atoms with Crippen LogP contribution in [0.3, 0.4) is 0 Å². The van der Waals surface area contributed by atoms with Crippen LogP contribution in [-0.4, -0.2) is 15.8 Å². The van der Waals surface area contributed by atoms with Crippen LogP contribution in [0.4, 0.5) is 34.1 Å². The summed E-state index contributed by atoms with van der Waals surface area (Å²) in [6, 6.07) is 66.4. The van der Waals surface area contributed by atoms with Crippen molar-refractivity contribution in [1.82, 2.24) is 9.13 Å². The number of fused-ring (bicyclic) bond motifs is 15. The summed E-state index contributed by atoms with van der Waals surface area (Å²) in [7, 11) is 0.